The van der Waals surface area contributed by atoms with Crippen molar-refractivity contribution in [3.8, 4) is 0 Å². The van der Waals surface area contributed by atoms with E-state index in [2.05, 4.69) is 4.74 Å². The topological polar surface area (TPSA) is 89.7 Å². The van der Waals surface area contributed by atoms with Crippen molar-refractivity contribution in [2.24, 2.45) is 0 Å². The summed E-state index contributed by atoms with van der Waals surface area (Å²) in [5.74, 6) is -0.857. The van der Waals surface area contributed by atoms with Gasteiger partial charge in [-0.2, -0.15) is 0 Å². The first-order valence-corrected chi connectivity index (χ1v) is 5.13. The fourth-order valence-corrected chi connectivity index (χ4v) is 1.38. The Morgan fingerprint density at radius 2 is 2.29 bits per heavy atom. The number of carbonyl (C=O) groups is 1. The number of benzene rings is 1. The highest BCUT2D eigenvalue weighted by molar-refractivity contribution is 6.32. The molecule has 7 heteroatoms. The van der Waals surface area contributed by atoms with E-state index in [-0.39, 0.29) is 22.9 Å². The van der Waals surface area contributed by atoms with Gasteiger partial charge in [-0.25, -0.2) is 4.79 Å². The third-order valence-corrected chi connectivity index (χ3v) is 2.31. The molecule has 92 valence electrons. The van der Waals surface area contributed by atoms with E-state index in [1.807, 2.05) is 0 Å². The van der Waals surface area contributed by atoms with E-state index in [1.165, 1.54) is 12.1 Å². The molecule has 0 radical (unpaired) electrons. The normalized spacial score (nSPS) is 11.9. The van der Waals surface area contributed by atoms with Crippen LogP contribution in [0.4, 0.5) is 5.69 Å². The Kier molecular flexibility index (Phi) is 4.42. The van der Waals surface area contributed by atoms with Crippen molar-refractivity contribution >= 4 is 23.3 Å². The number of halogens is 1. The van der Waals surface area contributed by atoms with E-state index >= 15 is 0 Å². The molecule has 17 heavy (non-hydrogen) atoms. The molecule has 0 heterocycles. The van der Waals surface area contributed by atoms with Gasteiger partial charge < -0.3 is 9.84 Å². The summed E-state index contributed by atoms with van der Waals surface area (Å²) in [6.07, 6.45) is -1.55. The van der Waals surface area contributed by atoms with Gasteiger partial charge in [0.25, 0.3) is 5.69 Å². The molecule has 6 nitrogen and oxygen atoms in total. The molecule has 0 saturated carbocycles. The van der Waals surface area contributed by atoms with Crippen LogP contribution in [0.1, 0.15) is 18.6 Å². The van der Waals surface area contributed by atoms with Crippen molar-refractivity contribution in [2.75, 3.05) is 6.61 Å². The van der Waals surface area contributed by atoms with Gasteiger partial charge in [-0.3, -0.25) is 10.1 Å². The van der Waals surface area contributed by atoms with Crippen molar-refractivity contribution in [1.29, 1.82) is 0 Å². The second-order valence-electron chi connectivity index (χ2n) is 3.12. The van der Waals surface area contributed by atoms with Crippen LogP contribution in [0.15, 0.2) is 18.2 Å². The van der Waals surface area contributed by atoms with E-state index < -0.39 is 17.0 Å². The standard InChI is InChI=1S/C10H10ClNO5/c1-2-17-10(14)9(13)6-3-4-7(11)8(5-6)12(15)16/h3-5,9,13H,2H2,1H3. The average molecular weight is 260 g/mol. The Morgan fingerprint density at radius 1 is 1.65 bits per heavy atom. The second kappa shape index (κ2) is 5.60. The minimum Gasteiger partial charge on any atom is -0.464 e. The predicted octanol–water partition coefficient (Wildman–Crippen LogP) is 1.84. The quantitative estimate of drug-likeness (QED) is 0.506. The summed E-state index contributed by atoms with van der Waals surface area (Å²) in [4.78, 5) is 21.2. The van der Waals surface area contributed by atoms with Crippen LogP contribution < -0.4 is 0 Å². The van der Waals surface area contributed by atoms with Crippen LogP contribution in [0.3, 0.4) is 0 Å². The van der Waals surface area contributed by atoms with Crippen molar-refractivity contribution in [2.45, 2.75) is 13.0 Å². The molecule has 1 N–H and O–H groups in total. The minimum atomic E-state index is -1.55. The maximum absolute atomic E-state index is 11.2. The lowest BCUT2D eigenvalue weighted by Gasteiger charge is -2.09. The van der Waals surface area contributed by atoms with Crippen LogP contribution in [-0.2, 0) is 9.53 Å². The third kappa shape index (κ3) is 3.15. The van der Waals surface area contributed by atoms with Gasteiger partial charge in [-0.15, -0.1) is 0 Å². The van der Waals surface area contributed by atoms with E-state index in [9.17, 15) is 20.0 Å². The zero-order valence-electron chi connectivity index (χ0n) is 8.92. The summed E-state index contributed by atoms with van der Waals surface area (Å²) in [7, 11) is 0. The van der Waals surface area contributed by atoms with Crippen LogP contribution in [0.25, 0.3) is 0 Å². The molecule has 0 bridgehead atoms. The van der Waals surface area contributed by atoms with Gasteiger partial charge in [0, 0.05) is 6.07 Å². The maximum Gasteiger partial charge on any atom is 0.339 e. The fourth-order valence-electron chi connectivity index (χ4n) is 1.20. The Balaban J connectivity index is 3.03. The first-order valence-electron chi connectivity index (χ1n) is 4.76. The highest BCUT2D eigenvalue weighted by Gasteiger charge is 2.22. The first kappa shape index (κ1) is 13.4. The van der Waals surface area contributed by atoms with Crippen molar-refractivity contribution in [3.63, 3.8) is 0 Å². The number of hydrogen-bond donors (Lipinski definition) is 1. The molecule has 0 saturated heterocycles. The summed E-state index contributed by atoms with van der Waals surface area (Å²) < 4.78 is 4.60. The van der Waals surface area contributed by atoms with E-state index in [0.717, 1.165) is 6.07 Å². The number of carbonyl (C=O) groups excluding carboxylic acids is 1. The highest BCUT2D eigenvalue weighted by atomic mass is 35.5. The number of nitro benzene ring substituents is 1. The number of esters is 1. The predicted molar refractivity (Wildman–Crippen MR) is 59.7 cm³/mol. The summed E-state index contributed by atoms with van der Waals surface area (Å²) in [6.45, 7) is 1.71. The number of aliphatic hydroxyl groups excluding tert-OH is 1. The smallest absolute Gasteiger partial charge is 0.339 e. The Hall–Kier alpha value is -1.66. The van der Waals surface area contributed by atoms with Crippen LogP contribution in [0, 0.1) is 10.1 Å². The van der Waals surface area contributed by atoms with E-state index in [4.69, 9.17) is 11.6 Å². The Labute approximate surface area is 102 Å². The molecule has 1 rings (SSSR count). The number of nitrogens with zero attached hydrogens (tertiary/aromatic N) is 1. The number of ether oxygens (including phenoxy) is 1. The van der Waals surface area contributed by atoms with Gasteiger partial charge in [-0.1, -0.05) is 17.7 Å². The summed E-state index contributed by atoms with van der Waals surface area (Å²) >= 11 is 5.60. The molecule has 1 atom stereocenters. The lowest BCUT2D eigenvalue weighted by Crippen LogP contribution is -2.15. The van der Waals surface area contributed by atoms with Crippen LogP contribution >= 0.6 is 11.6 Å². The van der Waals surface area contributed by atoms with Crippen molar-refractivity contribution in [3.05, 3.63) is 38.9 Å². The third-order valence-electron chi connectivity index (χ3n) is 1.99. The fraction of sp³-hybridized carbons (Fsp3) is 0.300. The molecular formula is C10H10ClNO5. The molecule has 1 aromatic carbocycles. The van der Waals surface area contributed by atoms with Crippen molar-refractivity contribution in [1.82, 2.24) is 0 Å². The van der Waals surface area contributed by atoms with Crippen molar-refractivity contribution < 1.29 is 19.6 Å². The van der Waals surface area contributed by atoms with Crippen LogP contribution in [0.2, 0.25) is 5.02 Å². The molecule has 0 amide bonds. The monoisotopic (exact) mass is 259 g/mol. The lowest BCUT2D eigenvalue weighted by atomic mass is 10.1. The molecule has 0 aliphatic rings. The molecule has 0 fully saturated rings. The van der Waals surface area contributed by atoms with Gasteiger partial charge >= 0.3 is 5.97 Å². The number of nitro groups is 1. The summed E-state index contributed by atoms with van der Waals surface area (Å²) in [6, 6.07) is 3.62. The van der Waals surface area contributed by atoms with Crippen LogP contribution in [0.5, 0.6) is 0 Å². The van der Waals surface area contributed by atoms with Gasteiger partial charge in [0.05, 0.1) is 11.5 Å². The molecule has 0 aliphatic heterocycles. The lowest BCUT2D eigenvalue weighted by molar-refractivity contribution is -0.384. The zero-order valence-corrected chi connectivity index (χ0v) is 9.68. The molecule has 0 aliphatic carbocycles. The largest absolute Gasteiger partial charge is 0.464 e. The molecule has 0 spiro atoms. The second-order valence-corrected chi connectivity index (χ2v) is 3.53. The Morgan fingerprint density at radius 3 is 2.82 bits per heavy atom. The molecule has 1 aromatic rings. The molecular weight excluding hydrogens is 250 g/mol. The summed E-state index contributed by atoms with van der Waals surface area (Å²) in [5.41, 5.74) is -0.299. The van der Waals surface area contributed by atoms with Gasteiger partial charge in [0.2, 0.25) is 0 Å². The zero-order chi connectivity index (χ0) is 13.0. The first-order chi connectivity index (χ1) is 7.97. The number of aliphatic hydroxyl groups is 1. The average Bonchev–Trinajstić information content (AvgIpc) is 2.28. The number of hydrogen-bond acceptors (Lipinski definition) is 5. The summed E-state index contributed by atoms with van der Waals surface area (Å²) in [5, 5.41) is 20.1. The molecule has 1 unspecified atom stereocenters. The van der Waals surface area contributed by atoms with E-state index in [0.29, 0.717) is 0 Å². The Bertz CT molecular complexity index is 448. The van der Waals surface area contributed by atoms with Gasteiger partial charge in [0.15, 0.2) is 6.10 Å². The minimum absolute atomic E-state index is 0.0604. The van der Waals surface area contributed by atoms with Gasteiger partial charge in [-0.05, 0) is 18.6 Å². The SMILES string of the molecule is CCOC(=O)C(O)c1ccc(Cl)c([N+](=O)[O-])c1. The highest BCUT2D eigenvalue weighted by Crippen LogP contribution is 2.28. The number of rotatable bonds is 4. The van der Waals surface area contributed by atoms with Crippen LogP contribution in [-0.4, -0.2) is 22.6 Å². The van der Waals surface area contributed by atoms with Gasteiger partial charge in [0.1, 0.15) is 5.02 Å². The van der Waals surface area contributed by atoms with E-state index in [1.54, 1.807) is 6.92 Å². The maximum atomic E-state index is 11.2. The molecule has 0 aromatic heterocycles.